The topological polar surface area (TPSA) is 71.5 Å². The summed E-state index contributed by atoms with van der Waals surface area (Å²) in [4.78, 5) is 16.1. The van der Waals surface area contributed by atoms with Crippen LogP contribution in [0.5, 0.6) is 0 Å². The number of nitrogens with one attached hydrogen (secondary N) is 1. The molecule has 1 rings (SSSR count). The van der Waals surface area contributed by atoms with Gasteiger partial charge in [-0.2, -0.15) is 0 Å². The van der Waals surface area contributed by atoms with E-state index in [-0.39, 0.29) is 12.5 Å². The summed E-state index contributed by atoms with van der Waals surface area (Å²) in [5.74, 6) is 4.97. The zero-order chi connectivity index (χ0) is 14.3. The van der Waals surface area contributed by atoms with Gasteiger partial charge in [-0.1, -0.05) is 11.8 Å². The van der Waals surface area contributed by atoms with Crippen molar-refractivity contribution in [2.75, 3.05) is 20.3 Å². The summed E-state index contributed by atoms with van der Waals surface area (Å²) in [5.41, 5.74) is 0.443. The number of aliphatic hydroxyl groups is 1. The molecule has 0 bridgehead atoms. The quantitative estimate of drug-likeness (QED) is 0.779. The normalized spacial score (nSPS) is 10.5. The Balaban J connectivity index is 2.94. The summed E-state index contributed by atoms with van der Waals surface area (Å²) in [6, 6.07) is 1.60. The Labute approximate surface area is 113 Å². The maximum Gasteiger partial charge on any atom is 0.253 e. The molecule has 0 atom stereocenters. The number of carbonyl (C=O) groups is 1. The van der Waals surface area contributed by atoms with E-state index in [1.807, 2.05) is 13.8 Å². The van der Waals surface area contributed by atoms with Crippen molar-refractivity contribution in [1.29, 1.82) is 0 Å². The highest BCUT2D eigenvalue weighted by Gasteiger charge is 2.22. The van der Waals surface area contributed by atoms with Gasteiger partial charge < -0.3 is 15.2 Å². The zero-order valence-corrected chi connectivity index (χ0v) is 11.4. The van der Waals surface area contributed by atoms with Crippen LogP contribution in [-0.2, 0) is 4.74 Å². The predicted molar refractivity (Wildman–Crippen MR) is 71.6 cm³/mol. The van der Waals surface area contributed by atoms with Crippen LogP contribution in [0.4, 0.5) is 0 Å². The van der Waals surface area contributed by atoms with Crippen LogP contribution >= 0.6 is 0 Å². The van der Waals surface area contributed by atoms with Crippen LogP contribution in [0.2, 0.25) is 0 Å². The fourth-order valence-corrected chi connectivity index (χ4v) is 1.60. The SMILES string of the molecule is COCC(C)(C)NC(=O)c1ccncc1C#CCO. The van der Waals surface area contributed by atoms with E-state index in [0.717, 1.165) is 0 Å². The van der Waals surface area contributed by atoms with Crippen molar-refractivity contribution in [3.63, 3.8) is 0 Å². The fraction of sp³-hybridized carbons (Fsp3) is 0.429. The zero-order valence-electron chi connectivity index (χ0n) is 11.4. The second kappa shape index (κ2) is 6.88. The van der Waals surface area contributed by atoms with Gasteiger partial charge in [0.25, 0.3) is 5.91 Å². The molecule has 1 heterocycles. The van der Waals surface area contributed by atoms with E-state index in [1.54, 1.807) is 13.2 Å². The fourth-order valence-electron chi connectivity index (χ4n) is 1.60. The van der Waals surface area contributed by atoms with E-state index >= 15 is 0 Å². The summed E-state index contributed by atoms with van der Waals surface area (Å²) < 4.78 is 5.05. The van der Waals surface area contributed by atoms with Gasteiger partial charge in [-0.15, -0.1) is 0 Å². The van der Waals surface area contributed by atoms with Crippen molar-refractivity contribution >= 4 is 5.91 Å². The number of pyridine rings is 1. The number of amides is 1. The van der Waals surface area contributed by atoms with Crippen LogP contribution in [0.15, 0.2) is 18.5 Å². The maximum absolute atomic E-state index is 12.2. The average Bonchev–Trinajstić information content (AvgIpc) is 2.36. The minimum absolute atomic E-state index is 0.244. The molecule has 2 N–H and O–H groups in total. The largest absolute Gasteiger partial charge is 0.384 e. The predicted octanol–water partition coefficient (Wildman–Crippen LogP) is 0.580. The lowest BCUT2D eigenvalue weighted by molar-refractivity contribution is 0.0819. The summed E-state index contributed by atoms with van der Waals surface area (Å²) >= 11 is 0. The van der Waals surface area contributed by atoms with Crippen LogP contribution in [0.1, 0.15) is 29.8 Å². The number of methoxy groups -OCH3 is 1. The van der Waals surface area contributed by atoms with Crippen molar-refractivity contribution < 1.29 is 14.6 Å². The molecule has 0 radical (unpaired) electrons. The van der Waals surface area contributed by atoms with Gasteiger partial charge in [0.1, 0.15) is 6.61 Å². The molecule has 0 aliphatic heterocycles. The molecular weight excluding hydrogens is 244 g/mol. The molecule has 19 heavy (non-hydrogen) atoms. The number of hydrogen-bond donors (Lipinski definition) is 2. The molecule has 5 nitrogen and oxygen atoms in total. The number of carbonyl (C=O) groups excluding carboxylic acids is 1. The molecule has 0 aliphatic carbocycles. The van der Waals surface area contributed by atoms with Crippen molar-refractivity contribution in [2.45, 2.75) is 19.4 Å². The highest BCUT2D eigenvalue weighted by molar-refractivity contribution is 5.97. The van der Waals surface area contributed by atoms with Gasteiger partial charge in [-0.3, -0.25) is 9.78 Å². The molecule has 0 spiro atoms. The van der Waals surface area contributed by atoms with E-state index < -0.39 is 5.54 Å². The molecule has 0 saturated carbocycles. The van der Waals surface area contributed by atoms with Crippen molar-refractivity contribution in [2.24, 2.45) is 0 Å². The van der Waals surface area contributed by atoms with Gasteiger partial charge in [0, 0.05) is 19.5 Å². The Morgan fingerprint density at radius 1 is 1.58 bits per heavy atom. The number of nitrogens with zero attached hydrogens (tertiary/aromatic N) is 1. The second-order valence-corrected chi connectivity index (χ2v) is 4.65. The molecular formula is C14H18N2O3. The van der Waals surface area contributed by atoms with Crippen LogP contribution in [0, 0.1) is 11.8 Å². The minimum Gasteiger partial charge on any atom is -0.384 e. The van der Waals surface area contributed by atoms with Gasteiger partial charge in [0.15, 0.2) is 0 Å². The Morgan fingerprint density at radius 3 is 2.95 bits per heavy atom. The lowest BCUT2D eigenvalue weighted by Gasteiger charge is -2.25. The third-order valence-corrected chi connectivity index (χ3v) is 2.32. The summed E-state index contributed by atoms with van der Waals surface area (Å²) in [6.07, 6.45) is 3.03. The first kappa shape index (κ1) is 15.2. The number of hydrogen-bond acceptors (Lipinski definition) is 4. The Hall–Kier alpha value is -1.90. The number of ether oxygens (including phenoxy) is 1. The van der Waals surface area contributed by atoms with Gasteiger partial charge in [-0.25, -0.2) is 0 Å². The first-order valence-electron chi connectivity index (χ1n) is 5.85. The lowest BCUT2D eigenvalue weighted by atomic mass is 10.0. The molecule has 102 valence electrons. The van der Waals surface area contributed by atoms with Crippen LogP contribution in [0.25, 0.3) is 0 Å². The second-order valence-electron chi connectivity index (χ2n) is 4.65. The number of aliphatic hydroxyl groups excluding tert-OH is 1. The molecule has 5 heteroatoms. The average molecular weight is 262 g/mol. The highest BCUT2D eigenvalue weighted by atomic mass is 16.5. The standard InChI is InChI=1S/C14H18N2O3/c1-14(2,10-19-3)16-13(18)12-6-7-15-9-11(12)5-4-8-17/h6-7,9,17H,8,10H2,1-3H3,(H,16,18). The smallest absolute Gasteiger partial charge is 0.253 e. The molecule has 0 unspecified atom stereocenters. The van der Waals surface area contributed by atoms with E-state index in [9.17, 15) is 4.79 Å². The molecule has 0 saturated heterocycles. The number of rotatable bonds is 4. The third kappa shape index (κ3) is 4.70. The molecule has 1 amide bonds. The Morgan fingerprint density at radius 2 is 2.32 bits per heavy atom. The summed E-state index contributed by atoms with van der Waals surface area (Å²) in [7, 11) is 1.58. The molecule has 1 aromatic rings. The van der Waals surface area contributed by atoms with Crippen molar-refractivity contribution in [1.82, 2.24) is 10.3 Å². The van der Waals surface area contributed by atoms with Crippen LogP contribution < -0.4 is 5.32 Å². The molecule has 0 aromatic carbocycles. The molecule has 0 fully saturated rings. The van der Waals surface area contributed by atoms with Gasteiger partial charge in [0.2, 0.25) is 0 Å². The first-order valence-corrected chi connectivity index (χ1v) is 5.85. The Kier molecular flexibility index (Phi) is 5.49. The van der Waals surface area contributed by atoms with E-state index in [4.69, 9.17) is 9.84 Å². The van der Waals surface area contributed by atoms with Gasteiger partial charge in [0.05, 0.1) is 23.3 Å². The molecule has 0 aliphatic rings. The Bertz CT molecular complexity index is 501. The van der Waals surface area contributed by atoms with Crippen molar-refractivity contribution in [3.05, 3.63) is 29.6 Å². The van der Waals surface area contributed by atoms with Crippen LogP contribution in [-0.4, -0.2) is 41.9 Å². The first-order chi connectivity index (χ1) is 9.00. The monoisotopic (exact) mass is 262 g/mol. The van der Waals surface area contributed by atoms with E-state index in [0.29, 0.717) is 17.7 Å². The van der Waals surface area contributed by atoms with Crippen molar-refractivity contribution in [3.8, 4) is 11.8 Å². The van der Waals surface area contributed by atoms with Gasteiger partial charge in [-0.05, 0) is 19.9 Å². The summed E-state index contributed by atoms with van der Waals surface area (Å²) in [6.45, 7) is 3.88. The maximum atomic E-state index is 12.2. The highest BCUT2D eigenvalue weighted by Crippen LogP contribution is 2.09. The molecule has 1 aromatic heterocycles. The third-order valence-electron chi connectivity index (χ3n) is 2.32. The van der Waals surface area contributed by atoms with Gasteiger partial charge >= 0.3 is 0 Å². The minimum atomic E-state index is -0.475. The van der Waals surface area contributed by atoms with E-state index in [2.05, 4.69) is 22.1 Å². The number of aromatic nitrogens is 1. The lowest BCUT2D eigenvalue weighted by Crippen LogP contribution is -2.47. The van der Waals surface area contributed by atoms with E-state index in [1.165, 1.54) is 12.4 Å². The van der Waals surface area contributed by atoms with Crippen LogP contribution in [0.3, 0.4) is 0 Å². The summed E-state index contributed by atoms with van der Waals surface area (Å²) in [5, 5.41) is 11.6.